The molecule has 0 bridgehead atoms. The van der Waals surface area contributed by atoms with Gasteiger partial charge in [0.15, 0.2) is 0 Å². The van der Waals surface area contributed by atoms with Crippen LogP contribution in [-0.2, 0) is 11.3 Å². The van der Waals surface area contributed by atoms with Crippen molar-refractivity contribution in [2.24, 2.45) is 0 Å². The van der Waals surface area contributed by atoms with Crippen LogP contribution >= 0.6 is 0 Å². The van der Waals surface area contributed by atoms with Gasteiger partial charge in [-0.1, -0.05) is 66.7 Å². The normalized spacial score (nSPS) is 17.5. The van der Waals surface area contributed by atoms with Gasteiger partial charge in [-0.2, -0.15) is 0 Å². The number of hydrogen-bond donors (Lipinski definition) is 1. The zero-order chi connectivity index (χ0) is 23.5. The van der Waals surface area contributed by atoms with Gasteiger partial charge in [0.25, 0.3) is 5.91 Å². The molecule has 1 atom stereocenters. The first-order valence-electron chi connectivity index (χ1n) is 11.2. The highest BCUT2D eigenvalue weighted by molar-refractivity contribution is 6.01. The second-order valence-corrected chi connectivity index (χ2v) is 8.28. The van der Waals surface area contributed by atoms with E-state index >= 15 is 0 Å². The van der Waals surface area contributed by atoms with Gasteiger partial charge in [0, 0.05) is 13.1 Å². The summed E-state index contributed by atoms with van der Waals surface area (Å²) in [6.45, 7) is 4.97. The lowest BCUT2D eigenvalue weighted by molar-refractivity contribution is -0.126. The largest absolute Gasteiger partial charge is 0.457 e. The van der Waals surface area contributed by atoms with Crippen LogP contribution in [0.25, 0.3) is 0 Å². The molecule has 2 heterocycles. The molecule has 0 saturated carbocycles. The monoisotopic (exact) mass is 451 g/mol. The molecule has 0 fully saturated rings. The van der Waals surface area contributed by atoms with E-state index < -0.39 is 6.04 Å². The fourth-order valence-electron chi connectivity index (χ4n) is 4.43. The van der Waals surface area contributed by atoms with Crippen LogP contribution in [0.1, 0.15) is 17.2 Å². The molecule has 34 heavy (non-hydrogen) atoms. The first-order valence-corrected chi connectivity index (χ1v) is 11.2. The van der Waals surface area contributed by atoms with Crippen LogP contribution in [0.3, 0.4) is 0 Å². The van der Waals surface area contributed by atoms with Gasteiger partial charge in [-0.3, -0.25) is 9.69 Å². The molecule has 0 aliphatic carbocycles. The Morgan fingerprint density at radius 2 is 1.65 bits per heavy atom. The van der Waals surface area contributed by atoms with Gasteiger partial charge in [0.05, 0.1) is 23.9 Å². The molecule has 0 aromatic heterocycles. The van der Waals surface area contributed by atoms with E-state index in [-0.39, 0.29) is 11.9 Å². The third kappa shape index (κ3) is 4.18. The Morgan fingerprint density at radius 1 is 0.941 bits per heavy atom. The van der Waals surface area contributed by atoms with Crippen molar-refractivity contribution in [2.75, 3.05) is 13.1 Å². The molecule has 0 radical (unpaired) electrons. The summed E-state index contributed by atoms with van der Waals surface area (Å²) in [4.78, 5) is 30.0. The van der Waals surface area contributed by atoms with E-state index in [1.807, 2.05) is 84.9 Å². The van der Waals surface area contributed by atoms with E-state index in [4.69, 9.17) is 4.74 Å². The first-order chi connectivity index (χ1) is 16.6. The Balaban J connectivity index is 1.48. The highest BCUT2D eigenvalue weighted by Gasteiger charge is 2.43. The minimum absolute atomic E-state index is 0.0766. The average Bonchev–Trinajstić information content (AvgIpc) is 3.18. The Morgan fingerprint density at radius 3 is 2.38 bits per heavy atom. The van der Waals surface area contributed by atoms with E-state index in [2.05, 4.69) is 11.9 Å². The minimum Gasteiger partial charge on any atom is -0.457 e. The molecule has 0 saturated heterocycles. The van der Waals surface area contributed by atoms with Gasteiger partial charge in [-0.15, -0.1) is 6.58 Å². The molecule has 3 aromatic rings. The number of hydrogen-bond acceptors (Lipinski definition) is 3. The van der Waals surface area contributed by atoms with Gasteiger partial charge in [-0.25, -0.2) is 4.79 Å². The number of carbonyl (C=O) groups is 2. The van der Waals surface area contributed by atoms with Crippen molar-refractivity contribution < 1.29 is 14.3 Å². The van der Waals surface area contributed by atoms with E-state index in [0.717, 1.165) is 22.6 Å². The number of para-hydroxylation sites is 1. The van der Waals surface area contributed by atoms with E-state index in [1.165, 1.54) is 0 Å². The van der Waals surface area contributed by atoms with Crippen molar-refractivity contribution in [1.29, 1.82) is 0 Å². The van der Waals surface area contributed by atoms with Crippen LogP contribution in [0.2, 0.25) is 0 Å². The summed E-state index contributed by atoms with van der Waals surface area (Å²) >= 11 is 0. The molecule has 170 valence electrons. The molecule has 2 aliphatic rings. The molecular weight excluding hydrogens is 426 g/mol. The summed E-state index contributed by atoms with van der Waals surface area (Å²) in [5.41, 5.74) is 3.15. The zero-order valence-electron chi connectivity index (χ0n) is 18.7. The molecule has 2 aliphatic heterocycles. The summed E-state index contributed by atoms with van der Waals surface area (Å²) in [7, 11) is 0. The molecule has 5 rings (SSSR count). The minimum atomic E-state index is -0.559. The standard InChI is InChI=1S/C28H25N3O3/c1-2-16-31-24-19-30(18-20-10-5-3-6-11-20)27(32)25(24)26(29-28(31)33)21-12-9-15-23(17-21)34-22-13-7-4-8-14-22/h2-15,17,26H,1,16,18-19H2,(H,29,33)/t26-/m0/s1. The van der Waals surface area contributed by atoms with Crippen LogP contribution in [0, 0.1) is 0 Å². The van der Waals surface area contributed by atoms with Gasteiger partial charge in [-0.05, 0) is 35.4 Å². The Kier molecular flexibility index (Phi) is 5.87. The number of rotatable bonds is 7. The van der Waals surface area contributed by atoms with Gasteiger partial charge < -0.3 is 15.0 Å². The maximum Gasteiger partial charge on any atom is 0.322 e. The molecule has 1 N–H and O–H groups in total. The fraction of sp³-hybridized carbons (Fsp3) is 0.143. The quantitative estimate of drug-likeness (QED) is 0.513. The SMILES string of the molecule is C=CCN1C(=O)N[C@@H](c2cccc(Oc3ccccc3)c2)C2=C1CN(Cc1ccccc1)C2=O. The maximum atomic E-state index is 13.6. The van der Waals surface area contributed by atoms with Gasteiger partial charge >= 0.3 is 6.03 Å². The third-order valence-corrected chi connectivity index (χ3v) is 5.99. The Labute approximate surface area is 198 Å². The van der Waals surface area contributed by atoms with E-state index in [9.17, 15) is 9.59 Å². The second kappa shape index (κ2) is 9.27. The lowest BCUT2D eigenvalue weighted by Crippen LogP contribution is -2.47. The third-order valence-electron chi connectivity index (χ3n) is 5.99. The van der Waals surface area contributed by atoms with Crippen LogP contribution in [0.5, 0.6) is 11.5 Å². The van der Waals surface area contributed by atoms with Crippen LogP contribution in [0.15, 0.2) is 109 Å². The van der Waals surface area contributed by atoms with Crippen LogP contribution in [-0.4, -0.2) is 34.8 Å². The van der Waals surface area contributed by atoms with Crippen LogP contribution in [0.4, 0.5) is 4.79 Å². The molecule has 0 unspecified atom stereocenters. The molecule has 6 heteroatoms. The molecule has 3 aromatic carbocycles. The number of carbonyl (C=O) groups excluding carboxylic acids is 2. The fourth-order valence-corrected chi connectivity index (χ4v) is 4.43. The highest BCUT2D eigenvalue weighted by Crippen LogP contribution is 2.38. The van der Waals surface area contributed by atoms with Crippen molar-refractivity contribution >= 4 is 11.9 Å². The average molecular weight is 452 g/mol. The maximum absolute atomic E-state index is 13.6. The Hall–Kier alpha value is -4.32. The number of amides is 3. The van der Waals surface area contributed by atoms with Crippen molar-refractivity contribution in [3.05, 3.63) is 120 Å². The zero-order valence-corrected chi connectivity index (χ0v) is 18.7. The Bertz CT molecular complexity index is 1250. The van der Waals surface area contributed by atoms with Gasteiger partial charge in [0.1, 0.15) is 11.5 Å². The van der Waals surface area contributed by atoms with Crippen molar-refractivity contribution in [3.63, 3.8) is 0 Å². The van der Waals surface area contributed by atoms with Crippen LogP contribution < -0.4 is 10.1 Å². The summed E-state index contributed by atoms with van der Waals surface area (Å²) in [6, 6.07) is 26.1. The molecular formula is C28H25N3O3. The summed E-state index contributed by atoms with van der Waals surface area (Å²) < 4.78 is 5.99. The molecule has 6 nitrogen and oxygen atoms in total. The summed E-state index contributed by atoms with van der Waals surface area (Å²) in [6.07, 6.45) is 1.67. The van der Waals surface area contributed by atoms with Crippen molar-refractivity contribution in [3.8, 4) is 11.5 Å². The summed E-state index contributed by atoms with van der Waals surface area (Å²) in [5, 5.41) is 3.02. The topological polar surface area (TPSA) is 61.9 Å². The molecule has 0 spiro atoms. The number of nitrogens with zero attached hydrogens (tertiary/aromatic N) is 2. The van der Waals surface area contributed by atoms with E-state index in [0.29, 0.717) is 31.0 Å². The summed E-state index contributed by atoms with van der Waals surface area (Å²) in [5.74, 6) is 1.28. The number of ether oxygens (including phenoxy) is 1. The van der Waals surface area contributed by atoms with Gasteiger partial charge in [0.2, 0.25) is 0 Å². The predicted octanol–water partition coefficient (Wildman–Crippen LogP) is 5.03. The lowest BCUT2D eigenvalue weighted by Gasteiger charge is -2.33. The predicted molar refractivity (Wildman–Crippen MR) is 130 cm³/mol. The smallest absolute Gasteiger partial charge is 0.322 e. The lowest BCUT2D eigenvalue weighted by atomic mass is 9.95. The first kappa shape index (κ1) is 21.5. The molecule has 3 amide bonds. The second-order valence-electron chi connectivity index (χ2n) is 8.28. The number of urea groups is 1. The number of benzene rings is 3. The highest BCUT2D eigenvalue weighted by atomic mass is 16.5. The van der Waals surface area contributed by atoms with E-state index in [1.54, 1.807) is 15.9 Å². The number of nitrogens with one attached hydrogen (secondary N) is 1. The van der Waals surface area contributed by atoms with Crippen molar-refractivity contribution in [1.82, 2.24) is 15.1 Å². The van der Waals surface area contributed by atoms with Crippen molar-refractivity contribution in [2.45, 2.75) is 12.6 Å².